The van der Waals surface area contributed by atoms with Crippen LogP contribution in [0.1, 0.15) is 19.8 Å². The second-order valence-electron chi connectivity index (χ2n) is 3.05. The van der Waals surface area contributed by atoms with Gasteiger partial charge < -0.3 is 9.64 Å². The zero-order valence-corrected chi connectivity index (χ0v) is 8.16. The van der Waals surface area contributed by atoms with Crippen LogP contribution in [0.2, 0.25) is 0 Å². The zero-order valence-electron chi connectivity index (χ0n) is 8.16. The van der Waals surface area contributed by atoms with Gasteiger partial charge in [-0.15, -0.1) is 6.42 Å². The summed E-state index contributed by atoms with van der Waals surface area (Å²) in [5, 5.41) is 0. The van der Waals surface area contributed by atoms with Crippen molar-refractivity contribution in [1.82, 2.24) is 4.90 Å². The van der Waals surface area contributed by atoms with Gasteiger partial charge in [0, 0.05) is 6.42 Å². The van der Waals surface area contributed by atoms with E-state index in [1.807, 2.05) is 0 Å². The Kier molecular flexibility index (Phi) is 3.52. The highest BCUT2D eigenvalue weighted by molar-refractivity contribution is 5.84. The Labute approximate surface area is 83.2 Å². The molecule has 1 saturated heterocycles. The molecule has 1 aliphatic rings. The highest BCUT2D eigenvalue weighted by Crippen LogP contribution is 2.17. The van der Waals surface area contributed by atoms with Crippen LogP contribution in [-0.2, 0) is 14.3 Å². The maximum absolute atomic E-state index is 11.3. The first-order valence-electron chi connectivity index (χ1n) is 4.60. The van der Waals surface area contributed by atoms with E-state index in [9.17, 15) is 9.59 Å². The number of rotatable bonds is 3. The number of likely N-dealkylation sites (tertiary alicyclic amines) is 1. The molecule has 0 saturated carbocycles. The average Bonchev–Trinajstić information content (AvgIpc) is 2.48. The Morgan fingerprint density at radius 1 is 1.79 bits per heavy atom. The summed E-state index contributed by atoms with van der Waals surface area (Å²) in [5.41, 5.74) is 0. The third kappa shape index (κ3) is 2.25. The molecule has 0 aromatic rings. The molecule has 4 nitrogen and oxygen atoms in total. The van der Waals surface area contributed by atoms with Crippen LogP contribution in [0.3, 0.4) is 0 Å². The third-order valence-electron chi connectivity index (χ3n) is 2.13. The molecule has 0 bridgehead atoms. The molecule has 1 heterocycles. The minimum Gasteiger partial charge on any atom is -0.465 e. The Morgan fingerprint density at radius 2 is 2.50 bits per heavy atom. The SMILES string of the molecule is C#C[C@@H]1CCC(=O)N1CC(=O)OCC. The van der Waals surface area contributed by atoms with Crippen molar-refractivity contribution in [2.75, 3.05) is 13.2 Å². The number of nitrogens with zero attached hydrogens (tertiary/aromatic N) is 1. The number of ether oxygens (including phenoxy) is 1. The molecule has 0 spiro atoms. The Balaban J connectivity index is 2.54. The van der Waals surface area contributed by atoms with Crippen molar-refractivity contribution >= 4 is 11.9 Å². The van der Waals surface area contributed by atoms with E-state index in [-0.39, 0.29) is 18.5 Å². The average molecular weight is 195 g/mol. The lowest BCUT2D eigenvalue weighted by Crippen LogP contribution is -2.37. The smallest absolute Gasteiger partial charge is 0.325 e. The standard InChI is InChI=1S/C10H13NO3/c1-3-8-5-6-9(12)11(8)7-10(13)14-4-2/h1,8H,4-7H2,2H3/t8-/m1/s1. The first-order chi connectivity index (χ1) is 6.69. The Bertz CT molecular complexity index is 280. The van der Waals surface area contributed by atoms with Crippen LogP contribution >= 0.6 is 0 Å². The van der Waals surface area contributed by atoms with Gasteiger partial charge >= 0.3 is 5.97 Å². The molecule has 14 heavy (non-hydrogen) atoms. The van der Waals surface area contributed by atoms with Crippen molar-refractivity contribution in [3.05, 3.63) is 0 Å². The number of esters is 1. The Morgan fingerprint density at radius 3 is 3.07 bits per heavy atom. The van der Waals surface area contributed by atoms with E-state index >= 15 is 0 Å². The number of hydrogen-bond donors (Lipinski definition) is 0. The molecule has 0 aromatic carbocycles. The molecule has 1 atom stereocenters. The normalized spacial score (nSPS) is 20.7. The molecule has 76 valence electrons. The van der Waals surface area contributed by atoms with Gasteiger partial charge in [-0.2, -0.15) is 0 Å². The van der Waals surface area contributed by atoms with E-state index in [2.05, 4.69) is 5.92 Å². The van der Waals surface area contributed by atoms with Gasteiger partial charge in [-0.1, -0.05) is 5.92 Å². The molecular formula is C10H13NO3. The summed E-state index contributed by atoms with van der Waals surface area (Å²) in [6, 6.07) is -0.244. The molecule has 4 heteroatoms. The molecule has 1 aliphatic heterocycles. The highest BCUT2D eigenvalue weighted by Gasteiger charge is 2.31. The first kappa shape index (κ1) is 10.6. The second kappa shape index (κ2) is 4.66. The summed E-state index contributed by atoms with van der Waals surface area (Å²) in [6.07, 6.45) is 6.30. The van der Waals surface area contributed by atoms with E-state index in [1.165, 1.54) is 4.90 Å². The van der Waals surface area contributed by atoms with Crippen LogP contribution < -0.4 is 0 Å². The summed E-state index contributed by atoms with van der Waals surface area (Å²) in [4.78, 5) is 23.8. The molecule has 1 fully saturated rings. The first-order valence-corrected chi connectivity index (χ1v) is 4.60. The fraction of sp³-hybridized carbons (Fsp3) is 0.600. The van der Waals surface area contributed by atoms with Gasteiger partial charge in [0.1, 0.15) is 6.54 Å². The van der Waals surface area contributed by atoms with Gasteiger partial charge in [0.05, 0.1) is 12.6 Å². The van der Waals surface area contributed by atoms with Crippen LogP contribution in [0.4, 0.5) is 0 Å². The third-order valence-corrected chi connectivity index (χ3v) is 2.13. The molecular weight excluding hydrogens is 182 g/mol. The van der Waals surface area contributed by atoms with Crippen LogP contribution in [0.15, 0.2) is 0 Å². The van der Waals surface area contributed by atoms with Crippen molar-refractivity contribution in [3.63, 3.8) is 0 Å². The van der Waals surface area contributed by atoms with Gasteiger partial charge in [-0.25, -0.2) is 0 Å². The molecule has 0 unspecified atom stereocenters. The molecule has 1 rings (SSSR count). The lowest BCUT2D eigenvalue weighted by atomic mass is 10.2. The molecule has 0 aromatic heterocycles. The summed E-state index contributed by atoms with van der Waals surface area (Å²) >= 11 is 0. The van der Waals surface area contributed by atoms with Crippen molar-refractivity contribution < 1.29 is 14.3 Å². The summed E-state index contributed by atoms with van der Waals surface area (Å²) in [5.74, 6) is 2.02. The number of carbonyl (C=O) groups excluding carboxylic acids is 2. The minimum atomic E-state index is -0.400. The van der Waals surface area contributed by atoms with E-state index in [0.29, 0.717) is 19.4 Å². The fourth-order valence-corrected chi connectivity index (χ4v) is 1.45. The predicted molar refractivity (Wildman–Crippen MR) is 50.2 cm³/mol. The van der Waals surface area contributed by atoms with Crippen molar-refractivity contribution in [3.8, 4) is 12.3 Å². The van der Waals surface area contributed by atoms with Gasteiger partial charge in [-0.3, -0.25) is 9.59 Å². The van der Waals surface area contributed by atoms with Crippen molar-refractivity contribution in [1.29, 1.82) is 0 Å². The largest absolute Gasteiger partial charge is 0.465 e. The summed E-state index contributed by atoms with van der Waals surface area (Å²) in [6.45, 7) is 2.02. The van der Waals surface area contributed by atoms with Crippen LogP contribution in [0.5, 0.6) is 0 Å². The lowest BCUT2D eigenvalue weighted by Gasteiger charge is -2.19. The maximum Gasteiger partial charge on any atom is 0.325 e. The zero-order chi connectivity index (χ0) is 10.6. The van der Waals surface area contributed by atoms with Crippen LogP contribution in [0.25, 0.3) is 0 Å². The molecule has 0 aliphatic carbocycles. The number of amides is 1. The number of terminal acetylenes is 1. The fourth-order valence-electron chi connectivity index (χ4n) is 1.45. The summed E-state index contributed by atoms with van der Waals surface area (Å²) in [7, 11) is 0. The van der Waals surface area contributed by atoms with E-state index in [4.69, 9.17) is 11.2 Å². The molecule has 0 N–H and O–H groups in total. The van der Waals surface area contributed by atoms with Gasteiger partial charge in [0.2, 0.25) is 5.91 Å². The van der Waals surface area contributed by atoms with E-state index < -0.39 is 5.97 Å². The highest BCUT2D eigenvalue weighted by atomic mass is 16.5. The maximum atomic E-state index is 11.3. The van der Waals surface area contributed by atoms with Crippen LogP contribution in [-0.4, -0.2) is 36.0 Å². The molecule has 1 amide bonds. The van der Waals surface area contributed by atoms with Gasteiger partial charge in [-0.05, 0) is 13.3 Å². The quantitative estimate of drug-likeness (QED) is 0.476. The lowest BCUT2D eigenvalue weighted by molar-refractivity contribution is -0.148. The topological polar surface area (TPSA) is 46.6 Å². The number of carbonyl (C=O) groups is 2. The van der Waals surface area contributed by atoms with E-state index in [0.717, 1.165) is 0 Å². The van der Waals surface area contributed by atoms with Crippen LogP contribution in [0, 0.1) is 12.3 Å². The van der Waals surface area contributed by atoms with Crippen molar-refractivity contribution in [2.45, 2.75) is 25.8 Å². The van der Waals surface area contributed by atoms with Crippen molar-refractivity contribution in [2.24, 2.45) is 0 Å². The monoisotopic (exact) mass is 195 g/mol. The van der Waals surface area contributed by atoms with Gasteiger partial charge in [0.15, 0.2) is 0 Å². The summed E-state index contributed by atoms with van der Waals surface area (Å²) < 4.78 is 4.74. The van der Waals surface area contributed by atoms with E-state index in [1.54, 1.807) is 6.92 Å². The minimum absolute atomic E-state index is 0.0263. The predicted octanol–water partition coefficient (Wildman–Crippen LogP) is 0.174. The Hall–Kier alpha value is -1.50. The second-order valence-corrected chi connectivity index (χ2v) is 3.05. The molecule has 0 radical (unpaired) electrons. The van der Waals surface area contributed by atoms with Gasteiger partial charge in [0.25, 0.3) is 0 Å². The number of hydrogen-bond acceptors (Lipinski definition) is 3.